The van der Waals surface area contributed by atoms with Crippen molar-refractivity contribution in [2.75, 3.05) is 6.54 Å². The summed E-state index contributed by atoms with van der Waals surface area (Å²) in [5.41, 5.74) is 5.19. The van der Waals surface area contributed by atoms with Gasteiger partial charge in [-0.15, -0.1) is 11.3 Å². The number of hydrogen-bond donors (Lipinski definition) is 2. The molecule has 1 atom stereocenters. The van der Waals surface area contributed by atoms with Gasteiger partial charge in [0.25, 0.3) is 0 Å². The van der Waals surface area contributed by atoms with E-state index in [9.17, 15) is 9.90 Å². The smallest absolute Gasteiger partial charge is 0.335 e. The molecule has 14 heavy (non-hydrogen) atoms. The van der Waals surface area contributed by atoms with Gasteiger partial charge in [-0.3, -0.25) is 0 Å². The van der Waals surface area contributed by atoms with Crippen LogP contribution in [0.25, 0.3) is 0 Å². The standard InChI is InChI=1S/C9H13NO3S/c10-4-3-8(11)9(12)13-6-7-2-1-5-14-7/h1-2,5,8,11H,3-4,6,10H2. The van der Waals surface area contributed by atoms with Gasteiger partial charge >= 0.3 is 5.97 Å². The second kappa shape index (κ2) is 5.74. The molecule has 5 heteroatoms. The van der Waals surface area contributed by atoms with Gasteiger partial charge in [0.05, 0.1) is 0 Å². The van der Waals surface area contributed by atoms with E-state index in [1.807, 2.05) is 17.5 Å². The molecule has 0 aliphatic heterocycles. The number of ether oxygens (including phenoxy) is 1. The average molecular weight is 215 g/mol. The molecular formula is C9H13NO3S. The Morgan fingerprint density at radius 2 is 2.50 bits per heavy atom. The third-order valence-corrected chi connectivity index (χ3v) is 2.50. The van der Waals surface area contributed by atoms with Crippen molar-refractivity contribution < 1.29 is 14.6 Å². The normalized spacial score (nSPS) is 12.4. The van der Waals surface area contributed by atoms with Crippen LogP contribution in [-0.4, -0.2) is 23.7 Å². The quantitative estimate of drug-likeness (QED) is 0.702. The van der Waals surface area contributed by atoms with Crippen LogP contribution in [0.15, 0.2) is 17.5 Å². The van der Waals surface area contributed by atoms with Gasteiger partial charge in [-0.25, -0.2) is 4.79 Å². The number of carbonyl (C=O) groups excluding carboxylic acids is 1. The Labute approximate surface area is 86.3 Å². The molecule has 78 valence electrons. The fraction of sp³-hybridized carbons (Fsp3) is 0.444. The van der Waals surface area contributed by atoms with Crippen LogP contribution in [0, 0.1) is 0 Å². The van der Waals surface area contributed by atoms with Crippen LogP contribution in [0.3, 0.4) is 0 Å². The van der Waals surface area contributed by atoms with Gasteiger partial charge in [-0.1, -0.05) is 6.07 Å². The maximum atomic E-state index is 11.1. The van der Waals surface area contributed by atoms with Gasteiger partial charge in [0, 0.05) is 4.88 Å². The first-order valence-corrected chi connectivity index (χ1v) is 5.19. The Morgan fingerprint density at radius 1 is 1.71 bits per heavy atom. The lowest BCUT2D eigenvalue weighted by Crippen LogP contribution is -2.25. The first-order valence-electron chi connectivity index (χ1n) is 4.31. The van der Waals surface area contributed by atoms with E-state index in [1.165, 1.54) is 11.3 Å². The molecule has 1 heterocycles. The van der Waals surface area contributed by atoms with Gasteiger partial charge in [0.1, 0.15) is 6.61 Å². The minimum absolute atomic E-state index is 0.220. The van der Waals surface area contributed by atoms with Gasteiger partial charge in [0.2, 0.25) is 0 Å². The molecule has 0 radical (unpaired) electrons. The molecule has 1 unspecified atom stereocenters. The number of nitrogens with two attached hydrogens (primary N) is 1. The summed E-state index contributed by atoms with van der Waals surface area (Å²) in [6, 6.07) is 3.75. The van der Waals surface area contributed by atoms with E-state index in [1.54, 1.807) is 0 Å². The van der Waals surface area contributed by atoms with Crippen LogP contribution in [0.4, 0.5) is 0 Å². The number of thiophene rings is 1. The summed E-state index contributed by atoms with van der Waals surface area (Å²) in [5, 5.41) is 11.1. The minimum Gasteiger partial charge on any atom is -0.458 e. The van der Waals surface area contributed by atoms with E-state index >= 15 is 0 Å². The lowest BCUT2D eigenvalue weighted by atomic mass is 10.2. The van der Waals surface area contributed by atoms with Crippen molar-refractivity contribution in [3.63, 3.8) is 0 Å². The minimum atomic E-state index is -1.10. The first-order chi connectivity index (χ1) is 6.74. The molecule has 0 fully saturated rings. The van der Waals surface area contributed by atoms with E-state index in [0.29, 0.717) is 0 Å². The number of aliphatic hydroxyl groups excluding tert-OH is 1. The van der Waals surface area contributed by atoms with Crippen LogP contribution in [0.5, 0.6) is 0 Å². The fourth-order valence-corrected chi connectivity index (χ4v) is 1.52. The summed E-state index contributed by atoms with van der Waals surface area (Å²) in [5.74, 6) is -0.608. The van der Waals surface area contributed by atoms with Gasteiger partial charge < -0.3 is 15.6 Å². The molecule has 0 amide bonds. The summed E-state index contributed by atoms with van der Waals surface area (Å²) >= 11 is 1.51. The zero-order valence-electron chi connectivity index (χ0n) is 7.68. The van der Waals surface area contributed by atoms with E-state index in [-0.39, 0.29) is 19.6 Å². The predicted octanol–water partition coefficient (Wildman–Crippen LogP) is 0.501. The number of hydrogen-bond acceptors (Lipinski definition) is 5. The lowest BCUT2D eigenvalue weighted by Gasteiger charge is -2.08. The third kappa shape index (κ3) is 3.45. The van der Waals surface area contributed by atoms with Gasteiger partial charge in [0.15, 0.2) is 6.10 Å². The van der Waals surface area contributed by atoms with Crippen LogP contribution >= 0.6 is 11.3 Å². The number of esters is 1. The monoisotopic (exact) mass is 215 g/mol. The fourth-order valence-electron chi connectivity index (χ4n) is 0.909. The van der Waals surface area contributed by atoms with Crippen LogP contribution in [0.2, 0.25) is 0 Å². The Bertz CT molecular complexity index is 274. The molecule has 0 saturated carbocycles. The largest absolute Gasteiger partial charge is 0.458 e. The van der Waals surface area contributed by atoms with E-state index < -0.39 is 12.1 Å². The highest BCUT2D eigenvalue weighted by molar-refractivity contribution is 7.09. The number of aliphatic hydroxyl groups is 1. The topological polar surface area (TPSA) is 72.5 Å². The molecule has 0 bridgehead atoms. The Balaban J connectivity index is 2.27. The van der Waals surface area contributed by atoms with Crippen LogP contribution < -0.4 is 5.73 Å². The molecule has 4 nitrogen and oxygen atoms in total. The van der Waals surface area contributed by atoms with Crippen LogP contribution in [0.1, 0.15) is 11.3 Å². The SMILES string of the molecule is NCCC(O)C(=O)OCc1cccs1. The summed E-state index contributed by atoms with van der Waals surface area (Å²) in [6.07, 6.45) is -0.858. The molecule has 0 aliphatic rings. The van der Waals surface area contributed by atoms with Crippen LogP contribution in [-0.2, 0) is 16.1 Å². The van der Waals surface area contributed by atoms with E-state index in [4.69, 9.17) is 10.5 Å². The average Bonchev–Trinajstić information content (AvgIpc) is 2.67. The molecule has 0 saturated heterocycles. The Morgan fingerprint density at radius 3 is 3.07 bits per heavy atom. The summed E-state index contributed by atoms with van der Waals surface area (Å²) < 4.78 is 4.87. The maximum absolute atomic E-state index is 11.1. The summed E-state index contributed by atoms with van der Waals surface area (Å²) in [6.45, 7) is 0.493. The van der Waals surface area contributed by atoms with Crippen molar-refractivity contribution in [2.45, 2.75) is 19.1 Å². The lowest BCUT2D eigenvalue weighted by molar-refractivity contribution is -0.155. The third-order valence-electron chi connectivity index (χ3n) is 1.65. The summed E-state index contributed by atoms with van der Waals surface area (Å²) in [7, 11) is 0. The second-order valence-corrected chi connectivity index (χ2v) is 3.81. The van der Waals surface area contributed by atoms with Crippen molar-refractivity contribution in [1.82, 2.24) is 0 Å². The predicted molar refractivity (Wildman–Crippen MR) is 53.8 cm³/mol. The highest BCUT2D eigenvalue weighted by Crippen LogP contribution is 2.10. The van der Waals surface area contributed by atoms with Crippen molar-refractivity contribution in [3.8, 4) is 0 Å². The highest BCUT2D eigenvalue weighted by Gasteiger charge is 2.15. The number of carbonyl (C=O) groups is 1. The first kappa shape index (κ1) is 11.2. The molecule has 3 N–H and O–H groups in total. The maximum Gasteiger partial charge on any atom is 0.335 e. The van der Waals surface area contributed by atoms with Gasteiger partial charge in [-0.05, 0) is 24.4 Å². The molecule has 0 aliphatic carbocycles. The molecular weight excluding hydrogens is 202 g/mol. The highest BCUT2D eigenvalue weighted by atomic mass is 32.1. The number of rotatable bonds is 5. The van der Waals surface area contributed by atoms with Gasteiger partial charge in [-0.2, -0.15) is 0 Å². The molecule has 0 spiro atoms. The van der Waals surface area contributed by atoms with Crippen molar-refractivity contribution in [2.24, 2.45) is 5.73 Å². The zero-order valence-corrected chi connectivity index (χ0v) is 8.50. The van der Waals surface area contributed by atoms with E-state index in [2.05, 4.69) is 0 Å². The van der Waals surface area contributed by atoms with Crippen molar-refractivity contribution in [3.05, 3.63) is 22.4 Å². The zero-order chi connectivity index (χ0) is 10.4. The molecule has 1 aromatic heterocycles. The molecule has 1 rings (SSSR count). The Kier molecular flexibility index (Phi) is 4.58. The summed E-state index contributed by atoms with van der Waals surface area (Å²) in [4.78, 5) is 12.1. The molecule has 0 aromatic carbocycles. The molecule has 1 aromatic rings. The van der Waals surface area contributed by atoms with E-state index in [0.717, 1.165) is 4.88 Å². The Hall–Kier alpha value is -0.910. The second-order valence-electron chi connectivity index (χ2n) is 2.78. The van der Waals surface area contributed by atoms with Crippen molar-refractivity contribution >= 4 is 17.3 Å². The van der Waals surface area contributed by atoms with Crippen molar-refractivity contribution in [1.29, 1.82) is 0 Å².